The summed E-state index contributed by atoms with van der Waals surface area (Å²) in [5.41, 5.74) is 0.119. The Morgan fingerprint density at radius 2 is 1.61 bits per heavy atom. The minimum Gasteiger partial charge on any atom is -0.481 e. The van der Waals surface area contributed by atoms with Gasteiger partial charge < -0.3 is 20.6 Å². The molecule has 1 atom stereocenters. The first-order valence-electron chi connectivity index (χ1n) is 10.9. The van der Waals surface area contributed by atoms with E-state index in [-0.39, 0.29) is 30.1 Å². The van der Waals surface area contributed by atoms with Crippen molar-refractivity contribution in [3.05, 3.63) is 0 Å². The molecule has 1 saturated heterocycles. The Kier molecular flexibility index (Phi) is 5.63. The molecule has 5 aliphatic rings. The summed E-state index contributed by atoms with van der Waals surface area (Å²) < 4.78 is 0. The van der Waals surface area contributed by atoms with Crippen LogP contribution in [-0.4, -0.2) is 60.0 Å². The van der Waals surface area contributed by atoms with E-state index in [4.69, 9.17) is 5.11 Å². The monoisotopic (exact) mass is 391 g/mol. The standard InChI is InChI=1S/C21H33N3O4/c25-18(13-21-10-14-7-15(11-21)9-16(8-14)12-21)23-17(1-2-19(26)27)20(28)24-5-3-22-4-6-24/h14-17,22H,1-13H2,(H,23,25)(H,26,27). The average molecular weight is 392 g/mol. The van der Waals surface area contributed by atoms with Crippen LogP contribution in [0.3, 0.4) is 0 Å². The molecule has 4 bridgehead atoms. The predicted molar refractivity (Wildman–Crippen MR) is 103 cm³/mol. The Morgan fingerprint density at radius 3 is 2.14 bits per heavy atom. The summed E-state index contributed by atoms with van der Waals surface area (Å²) in [6.45, 7) is 2.68. The highest BCUT2D eigenvalue weighted by Crippen LogP contribution is 2.61. The Morgan fingerprint density at radius 1 is 1.04 bits per heavy atom. The van der Waals surface area contributed by atoms with Gasteiger partial charge in [0.2, 0.25) is 11.8 Å². The van der Waals surface area contributed by atoms with Crippen LogP contribution in [0.25, 0.3) is 0 Å². The Hall–Kier alpha value is -1.63. The molecule has 0 radical (unpaired) electrons. The lowest BCUT2D eigenvalue weighted by atomic mass is 9.49. The van der Waals surface area contributed by atoms with E-state index in [1.54, 1.807) is 4.90 Å². The molecule has 5 rings (SSSR count). The minimum atomic E-state index is -0.937. The number of nitrogens with one attached hydrogen (secondary N) is 2. The van der Waals surface area contributed by atoms with Crippen molar-refractivity contribution in [2.75, 3.05) is 26.2 Å². The first-order chi connectivity index (χ1) is 13.4. The van der Waals surface area contributed by atoms with Gasteiger partial charge in [-0.05, 0) is 68.1 Å². The van der Waals surface area contributed by atoms with Crippen molar-refractivity contribution >= 4 is 17.8 Å². The van der Waals surface area contributed by atoms with E-state index in [0.717, 1.165) is 50.1 Å². The number of piperazine rings is 1. The largest absolute Gasteiger partial charge is 0.481 e. The molecule has 5 fully saturated rings. The second-order valence-corrected chi connectivity index (χ2v) is 9.72. The summed E-state index contributed by atoms with van der Waals surface area (Å²) in [6.07, 6.45) is 8.00. The van der Waals surface area contributed by atoms with Crippen LogP contribution in [-0.2, 0) is 14.4 Å². The minimum absolute atomic E-state index is 0.0687. The molecule has 7 nitrogen and oxygen atoms in total. The van der Waals surface area contributed by atoms with E-state index in [0.29, 0.717) is 19.5 Å². The Balaban J connectivity index is 1.38. The van der Waals surface area contributed by atoms with Crippen LogP contribution in [0.1, 0.15) is 57.8 Å². The summed E-state index contributed by atoms with van der Waals surface area (Å²) in [5.74, 6) is 1.20. The fourth-order valence-corrected chi connectivity index (χ4v) is 6.72. The van der Waals surface area contributed by atoms with Crippen LogP contribution in [0.5, 0.6) is 0 Å². The SMILES string of the molecule is O=C(O)CCC(NC(=O)CC12CC3CC(CC(C3)C1)C2)C(=O)N1CCNCC1. The van der Waals surface area contributed by atoms with Crippen molar-refractivity contribution in [3.63, 3.8) is 0 Å². The maximum absolute atomic E-state index is 12.9. The zero-order chi connectivity index (χ0) is 19.7. The van der Waals surface area contributed by atoms with E-state index in [2.05, 4.69) is 10.6 Å². The Labute approximate surface area is 166 Å². The molecule has 0 aromatic rings. The topological polar surface area (TPSA) is 98.7 Å². The number of amides is 2. The summed E-state index contributed by atoms with van der Waals surface area (Å²) in [4.78, 5) is 38.6. The fraction of sp³-hybridized carbons (Fsp3) is 0.857. The lowest BCUT2D eigenvalue weighted by molar-refractivity contribution is -0.141. The van der Waals surface area contributed by atoms with E-state index in [1.165, 1.54) is 19.3 Å². The molecule has 4 saturated carbocycles. The van der Waals surface area contributed by atoms with Crippen LogP contribution in [0, 0.1) is 23.2 Å². The molecule has 0 aromatic heterocycles. The molecule has 156 valence electrons. The second-order valence-electron chi connectivity index (χ2n) is 9.72. The third kappa shape index (κ3) is 4.34. The van der Waals surface area contributed by atoms with Crippen molar-refractivity contribution in [3.8, 4) is 0 Å². The number of hydrogen-bond donors (Lipinski definition) is 3. The van der Waals surface area contributed by atoms with Crippen LogP contribution < -0.4 is 10.6 Å². The Bertz CT molecular complexity index is 594. The smallest absolute Gasteiger partial charge is 0.303 e. The quantitative estimate of drug-likeness (QED) is 0.609. The lowest BCUT2D eigenvalue weighted by Crippen LogP contribution is -2.55. The van der Waals surface area contributed by atoms with E-state index in [9.17, 15) is 14.4 Å². The van der Waals surface area contributed by atoms with Crippen LogP contribution in [0.2, 0.25) is 0 Å². The van der Waals surface area contributed by atoms with E-state index in [1.807, 2.05) is 0 Å². The maximum Gasteiger partial charge on any atom is 0.303 e. The highest BCUT2D eigenvalue weighted by atomic mass is 16.4. The van der Waals surface area contributed by atoms with Gasteiger partial charge in [0.1, 0.15) is 6.04 Å². The third-order valence-corrected chi connectivity index (χ3v) is 7.41. The molecule has 2 amide bonds. The van der Waals surface area contributed by atoms with Gasteiger partial charge in [-0.2, -0.15) is 0 Å². The summed E-state index contributed by atoms with van der Waals surface area (Å²) in [5, 5.41) is 15.2. The molecule has 3 N–H and O–H groups in total. The predicted octanol–water partition coefficient (Wildman–Crippen LogP) is 1.37. The molecular formula is C21H33N3O4. The zero-order valence-corrected chi connectivity index (χ0v) is 16.6. The number of nitrogens with zero attached hydrogens (tertiary/aromatic N) is 1. The molecule has 28 heavy (non-hydrogen) atoms. The number of carboxylic acid groups (broad SMARTS) is 1. The molecule has 7 heteroatoms. The number of rotatable bonds is 7. The van der Waals surface area contributed by atoms with Crippen molar-refractivity contribution in [1.82, 2.24) is 15.5 Å². The van der Waals surface area contributed by atoms with Crippen molar-refractivity contribution in [1.29, 1.82) is 0 Å². The number of aliphatic carboxylic acids is 1. The lowest BCUT2D eigenvalue weighted by Gasteiger charge is -2.56. The van der Waals surface area contributed by atoms with Crippen LogP contribution >= 0.6 is 0 Å². The summed E-state index contributed by atoms with van der Waals surface area (Å²) in [7, 11) is 0. The van der Waals surface area contributed by atoms with Gasteiger partial charge in [-0.1, -0.05) is 0 Å². The zero-order valence-electron chi connectivity index (χ0n) is 16.6. The van der Waals surface area contributed by atoms with Crippen molar-refractivity contribution in [2.24, 2.45) is 23.2 Å². The van der Waals surface area contributed by atoms with Crippen LogP contribution in [0.15, 0.2) is 0 Å². The van der Waals surface area contributed by atoms with E-state index < -0.39 is 12.0 Å². The normalized spacial score (nSPS) is 34.9. The highest BCUT2D eigenvalue weighted by Gasteiger charge is 2.51. The van der Waals surface area contributed by atoms with Gasteiger partial charge in [0.25, 0.3) is 0 Å². The molecule has 1 heterocycles. The summed E-state index contributed by atoms with van der Waals surface area (Å²) in [6, 6.07) is -0.726. The van der Waals surface area contributed by atoms with Crippen molar-refractivity contribution in [2.45, 2.75) is 63.8 Å². The first kappa shape index (κ1) is 19.7. The number of carbonyl (C=O) groups is 3. The van der Waals surface area contributed by atoms with Gasteiger partial charge in [-0.3, -0.25) is 14.4 Å². The molecule has 0 spiro atoms. The highest BCUT2D eigenvalue weighted by molar-refractivity contribution is 5.88. The number of carboxylic acids is 1. The van der Waals surface area contributed by atoms with E-state index >= 15 is 0 Å². The van der Waals surface area contributed by atoms with Gasteiger partial charge >= 0.3 is 5.97 Å². The van der Waals surface area contributed by atoms with Crippen molar-refractivity contribution < 1.29 is 19.5 Å². The average Bonchev–Trinajstić information content (AvgIpc) is 2.63. The summed E-state index contributed by atoms with van der Waals surface area (Å²) >= 11 is 0. The maximum atomic E-state index is 12.9. The molecule has 1 aliphatic heterocycles. The van der Waals surface area contributed by atoms with Gasteiger partial charge in [-0.25, -0.2) is 0 Å². The number of carbonyl (C=O) groups excluding carboxylic acids is 2. The molecule has 4 aliphatic carbocycles. The first-order valence-corrected chi connectivity index (χ1v) is 10.9. The van der Waals surface area contributed by atoms with Gasteiger partial charge in [0.05, 0.1) is 0 Å². The molecule has 0 aromatic carbocycles. The number of hydrogen-bond acceptors (Lipinski definition) is 4. The fourth-order valence-electron chi connectivity index (χ4n) is 6.72. The second kappa shape index (κ2) is 8.01. The van der Waals surface area contributed by atoms with Gasteiger partial charge in [-0.15, -0.1) is 0 Å². The third-order valence-electron chi connectivity index (χ3n) is 7.41. The molecule has 1 unspecified atom stereocenters. The molecular weight excluding hydrogens is 358 g/mol. The van der Waals surface area contributed by atoms with Gasteiger partial charge in [0, 0.05) is 39.0 Å². The van der Waals surface area contributed by atoms with Crippen LogP contribution in [0.4, 0.5) is 0 Å². The van der Waals surface area contributed by atoms with Gasteiger partial charge in [0.15, 0.2) is 0 Å².